The number of aromatic carboxylic acids is 1. The summed E-state index contributed by atoms with van der Waals surface area (Å²) >= 11 is 6.29. The van der Waals surface area contributed by atoms with Crippen molar-refractivity contribution in [2.45, 2.75) is 20.3 Å². The number of fused-ring (bicyclic) bond motifs is 1. The van der Waals surface area contributed by atoms with Crippen molar-refractivity contribution >= 4 is 28.5 Å². The Morgan fingerprint density at radius 3 is 2.76 bits per heavy atom. The Bertz CT molecular complexity index is 608. The van der Waals surface area contributed by atoms with Crippen molar-refractivity contribution in [1.29, 1.82) is 0 Å². The van der Waals surface area contributed by atoms with E-state index in [2.05, 4.69) is 4.98 Å². The normalized spacial score (nSPS) is 10.8. The lowest BCUT2D eigenvalue weighted by molar-refractivity contribution is 0.0697. The molecule has 0 saturated carbocycles. The van der Waals surface area contributed by atoms with Gasteiger partial charge in [-0.15, -0.1) is 0 Å². The third kappa shape index (κ3) is 1.98. The van der Waals surface area contributed by atoms with Gasteiger partial charge in [-0.05, 0) is 31.0 Å². The van der Waals surface area contributed by atoms with E-state index in [9.17, 15) is 4.79 Å². The van der Waals surface area contributed by atoms with Crippen LogP contribution in [0.1, 0.15) is 28.5 Å². The van der Waals surface area contributed by atoms with Crippen LogP contribution in [0, 0.1) is 6.92 Å². The zero-order valence-electron chi connectivity index (χ0n) is 9.62. The third-order valence-electron chi connectivity index (χ3n) is 2.82. The van der Waals surface area contributed by atoms with Gasteiger partial charge in [0, 0.05) is 11.1 Å². The molecule has 0 unspecified atom stereocenters. The number of halogens is 1. The van der Waals surface area contributed by atoms with E-state index in [1.807, 2.05) is 13.8 Å². The number of rotatable bonds is 2. The maximum Gasteiger partial charge on any atom is 0.335 e. The van der Waals surface area contributed by atoms with E-state index in [1.165, 1.54) is 0 Å². The monoisotopic (exact) mass is 249 g/mol. The SMILES string of the molecule is CCc1c(C)nc2cc(C(=O)O)ccc2c1Cl. The van der Waals surface area contributed by atoms with Crippen LogP contribution in [0.4, 0.5) is 0 Å². The lowest BCUT2D eigenvalue weighted by Crippen LogP contribution is -1.99. The number of nitrogens with zero attached hydrogens (tertiary/aromatic N) is 1. The molecule has 1 N–H and O–H groups in total. The fourth-order valence-corrected chi connectivity index (χ4v) is 2.35. The van der Waals surface area contributed by atoms with Gasteiger partial charge in [0.2, 0.25) is 0 Å². The summed E-state index contributed by atoms with van der Waals surface area (Å²) in [6, 6.07) is 4.82. The molecule has 1 heterocycles. The second kappa shape index (κ2) is 4.34. The van der Waals surface area contributed by atoms with Crippen LogP contribution in [0.25, 0.3) is 10.9 Å². The first-order valence-electron chi connectivity index (χ1n) is 5.36. The highest BCUT2D eigenvalue weighted by Crippen LogP contribution is 2.29. The van der Waals surface area contributed by atoms with E-state index >= 15 is 0 Å². The van der Waals surface area contributed by atoms with Gasteiger partial charge in [0.05, 0.1) is 16.1 Å². The van der Waals surface area contributed by atoms with Crippen LogP contribution in [0.2, 0.25) is 5.02 Å². The first-order valence-corrected chi connectivity index (χ1v) is 5.74. The Morgan fingerprint density at radius 1 is 1.47 bits per heavy atom. The van der Waals surface area contributed by atoms with E-state index in [4.69, 9.17) is 16.7 Å². The number of carboxylic acids is 1. The highest BCUT2D eigenvalue weighted by atomic mass is 35.5. The Morgan fingerprint density at radius 2 is 2.18 bits per heavy atom. The summed E-state index contributed by atoms with van der Waals surface area (Å²) in [5, 5.41) is 10.4. The van der Waals surface area contributed by atoms with Gasteiger partial charge < -0.3 is 5.11 Å². The molecule has 0 saturated heterocycles. The first-order chi connectivity index (χ1) is 8.04. The van der Waals surface area contributed by atoms with Crippen molar-refractivity contribution in [3.05, 3.63) is 40.0 Å². The van der Waals surface area contributed by atoms with Crippen molar-refractivity contribution in [2.24, 2.45) is 0 Å². The fourth-order valence-electron chi connectivity index (χ4n) is 1.92. The van der Waals surface area contributed by atoms with Crippen molar-refractivity contribution < 1.29 is 9.90 Å². The largest absolute Gasteiger partial charge is 0.478 e. The molecule has 1 aromatic carbocycles. The predicted octanol–water partition coefficient (Wildman–Crippen LogP) is 3.46. The van der Waals surface area contributed by atoms with Crippen molar-refractivity contribution in [3.8, 4) is 0 Å². The Kier molecular flexibility index (Phi) is 3.03. The Labute approximate surface area is 104 Å². The molecule has 0 aliphatic rings. The molecule has 3 nitrogen and oxygen atoms in total. The standard InChI is InChI=1S/C13H12ClNO2/c1-3-9-7(2)15-11-6-8(13(16)17)4-5-10(11)12(9)14/h4-6H,3H2,1-2H3,(H,16,17). The molecule has 17 heavy (non-hydrogen) atoms. The summed E-state index contributed by atoms with van der Waals surface area (Å²) in [6.07, 6.45) is 0.814. The lowest BCUT2D eigenvalue weighted by Gasteiger charge is -2.09. The molecule has 4 heteroatoms. The summed E-state index contributed by atoms with van der Waals surface area (Å²) in [4.78, 5) is 15.3. The maximum atomic E-state index is 10.9. The van der Waals surface area contributed by atoms with Gasteiger partial charge >= 0.3 is 5.97 Å². The summed E-state index contributed by atoms with van der Waals surface area (Å²) in [5.41, 5.74) is 2.73. The number of benzene rings is 1. The molecule has 0 aliphatic carbocycles. The second-order valence-corrected chi connectivity index (χ2v) is 4.26. The number of carboxylic acid groups (broad SMARTS) is 1. The minimum Gasteiger partial charge on any atom is -0.478 e. The minimum atomic E-state index is -0.956. The molecule has 0 aliphatic heterocycles. The Balaban J connectivity index is 2.77. The van der Waals surface area contributed by atoms with Crippen LogP contribution in [-0.2, 0) is 6.42 Å². The van der Waals surface area contributed by atoms with Gasteiger partial charge in [-0.1, -0.05) is 24.6 Å². The van der Waals surface area contributed by atoms with Crippen LogP contribution >= 0.6 is 11.6 Å². The zero-order valence-corrected chi connectivity index (χ0v) is 10.4. The molecule has 0 amide bonds. The van der Waals surface area contributed by atoms with Crippen LogP contribution in [0.3, 0.4) is 0 Å². The lowest BCUT2D eigenvalue weighted by atomic mass is 10.1. The quantitative estimate of drug-likeness (QED) is 0.887. The van der Waals surface area contributed by atoms with E-state index < -0.39 is 5.97 Å². The third-order valence-corrected chi connectivity index (χ3v) is 3.26. The Hall–Kier alpha value is -1.61. The first kappa shape index (κ1) is 11.9. The average molecular weight is 250 g/mol. The average Bonchev–Trinajstić information content (AvgIpc) is 2.28. The molecule has 0 fully saturated rings. The predicted molar refractivity (Wildman–Crippen MR) is 67.8 cm³/mol. The van der Waals surface area contributed by atoms with Crippen molar-refractivity contribution in [2.75, 3.05) is 0 Å². The molecule has 0 radical (unpaired) electrons. The van der Waals surface area contributed by atoms with Gasteiger partial charge in [-0.2, -0.15) is 0 Å². The van der Waals surface area contributed by atoms with Gasteiger partial charge in [0.25, 0.3) is 0 Å². The van der Waals surface area contributed by atoms with Crippen LogP contribution in [0.15, 0.2) is 18.2 Å². The van der Waals surface area contributed by atoms with Gasteiger partial charge in [0.15, 0.2) is 0 Å². The molecular formula is C13H12ClNO2. The summed E-state index contributed by atoms with van der Waals surface area (Å²) in [7, 11) is 0. The number of hydrogen-bond acceptors (Lipinski definition) is 2. The van der Waals surface area contributed by atoms with Gasteiger partial charge in [0.1, 0.15) is 0 Å². The number of pyridine rings is 1. The molecule has 88 valence electrons. The number of hydrogen-bond donors (Lipinski definition) is 1. The topological polar surface area (TPSA) is 50.2 Å². The van der Waals surface area contributed by atoms with Crippen molar-refractivity contribution in [3.63, 3.8) is 0 Å². The molecular weight excluding hydrogens is 238 g/mol. The smallest absolute Gasteiger partial charge is 0.335 e. The molecule has 0 spiro atoms. The van der Waals surface area contributed by atoms with E-state index in [0.717, 1.165) is 23.1 Å². The van der Waals surface area contributed by atoms with Crippen molar-refractivity contribution in [1.82, 2.24) is 4.98 Å². The van der Waals surface area contributed by atoms with Crippen LogP contribution < -0.4 is 0 Å². The number of aromatic nitrogens is 1. The van der Waals surface area contributed by atoms with E-state index in [0.29, 0.717) is 10.5 Å². The minimum absolute atomic E-state index is 0.227. The molecule has 2 rings (SSSR count). The van der Waals surface area contributed by atoms with Crippen LogP contribution in [-0.4, -0.2) is 16.1 Å². The molecule has 0 bridgehead atoms. The number of aryl methyl sites for hydroxylation is 1. The number of carbonyl (C=O) groups is 1. The summed E-state index contributed by atoms with van der Waals surface area (Å²) in [6.45, 7) is 3.91. The summed E-state index contributed by atoms with van der Waals surface area (Å²) < 4.78 is 0. The van der Waals surface area contributed by atoms with E-state index in [-0.39, 0.29) is 5.56 Å². The second-order valence-electron chi connectivity index (χ2n) is 3.88. The van der Waals surface area contributed by atoms with Gasteiger partial charge in [-0.3, -0.25) is 4.98 Å². The van der Waals surface area contributed by atoms with Crippen LogP contribution in [0.5, 0.6) is 0 Å². The summed E-state index contributed by atoms with van der Waals surface area (Å²) in [5.74, 6) is -0.956. The molecule has 2 aromatic rings. The maximum absolute atomic E-state index is 10.9. The molecule has 0 atom stereocenters. The highest BCUT2D eigenvalue weighted by molar-refractivity contribution is 6.36. The molecule has 1 aromatic heterocycles. The highest BCUT2D eigenvalue weighted by Gasteiger charge is 2.11. The fraction of sp³-hybridized carbons (Fsp3) is 0.231. The van der Waals surface area contributed by atoms with Gasteiger partial charge in [-0.25, -0.2) is 4.79 Å². The van der Waals surface area contributed by atoms with E-state index in [1.54, 1.807) is 18.2 Å². The zero-order chi connectivity index (χ0) is 12.6.